The van der Waals surface area contributed by atoms with E-state index >= 15 is 0 Å². The summed E-state index contributed by atoms with van der Waals surface area (Å²) in [6.45, 7) is 10.8. The number of aliphatic carboxylic acids is 2. The average Bonchev–Trinajstić information content (AvgIpc) is 3.86. The van der Waals surface area contributed by atoms with Crippen LogP contribution in [0.4, 0.5) is 0 Å². The van der Waals surface area contributed by atoms with Crippen LogP contribution in [-0.2, 0) is 52.7 Å². The number of unbranched alkanes of at least 4 members (excludes halogenated alkanes) is 2. The van der Waals surface area contributed by atoms with Gasteiger partial charge in [-0.05, 0) is 101 Å². The van der Waals surface area contributed by atoms with Crippen molar-refractivity contribution in [1.29, 1.82) is 0 Å². The number of aliphatic imine (C=N–C) groups is 1. The lowest BCUT2D eigenvalue weighted by Crippen LogP contribution is -2.61. The van der Waals surface area contributed by atoms with E-state index < -0.39 is 150 Å². The molecule has 0 aromatic heterocycles. The molecule has 438 valence electrons. The van der Waals surface area contributed by atoms with E-state index in [1.165, 1.54) is 4.90 Å². The molecule has 0 unspecified atom stereocenters. The maximum atomic E-state index is 14.5. The summed E-state index contributed by atoms with van der Waals surface area (Å²) < 4.78 is 0. The molecule has 1 aliphatic rings. The summed E-state index contributed by atoms with van der Waals surface area (Å²) in [6.07, 6.45) is 1.58. The first-order valence-electron chi connectivity index (χ1n) is 26.6. The smallest absolute Gasteiger partial charge is 0.326 e. The summed E-state index contributed by atoms with van der Waals surface area (Å²) in [5.41, 5.74) is 33.7. The van der Waals surface area contributed by atoms with Crippen LogP contribution in [0, 0.1) is 17.8 Å². The molecule has 0 spiro atoms. The first-order chi connectivity index (χ1) is 36.2. The number of nitrogens with one attached hydrogen (secondary N) is 7. The number of likely N-dealkylation sites (tertiary alicyclic amines) is 1. The van der Waals surface area contributed by atoms with Crippen molar-refractivity contribution in [3.05, 3.63) is 0 Å². The van der Waals surface area contributed by atoms with E-state index in [2.05, 4.69) is 42.2 Å². The van der Waals surface area contributed by atoms with Crippen molar-refractivity contribution >= 4 is 71.1 Å². The van der Waals surface area contributed by atoms with Gasteiger partial charge in [0.15, 0.2) is 5.96 Å². The van der Waals surface area contributed by atoms with E-state index in [0.29, 0.717) is 51.5 Å². The predicted molar refractivity (Wildman–Crippen MR) is 284 cm³/mol. The van der Waals surface area contributed by atoms with Gasteiger partial charge in [0.05, 0.1) is 6.04 Å². The molecule has 21 N–H and O–H groups in total. The molecule has 0 radical (unpaired) electrons. The molecule has 9 amide bonds. The second kappa shape index (κ2) is 35.6. The van der Waals surface area contributed by atoms with Crippen LogP contribution >= 0.6 is 0 Å². The Morgan fingerprint density at radius 3 is 1.58 bits per heavy atom. The number of hydrogen-bond donors (Lipinski definition) is 15. The second-order valence-corrected chi connectivity index (χ2v) is 20.2. The minimum Gasteiger partial charge on any atom is -0.481 e. The topological polar surface area (TPSA) is 484 Å². The molecule has 0 bridgehead atoms. The van der Waals surface area contributed by atoms with Crippen LogP contribution in [-0.4, -0.2) is 167 Å². The number of carboxylic acid groups (broad SMARTS) is 2. The number of carbonyl (C=O) groups is 11. The van der Waals surface area contributed by atoms with Crippen molar-refractivity contribution < 1.29 is 63.0 Å². The van der Waals surface area contributed by atoms with E-state index in [1.54, 1.807) is 41.5 Å². The number of rotatable bonds is 38. The number of carboxylic acids is 2. The standard InChI is InChI=1S/C49H89N15O13/c1-7-28(6)39(63-45(73)38(27(4)5)61-40(68)29(52)14-8-10-22-50)46(74)59-32(18-20-35(53)65)47(75)64-25-13-17-34(64)43(71)57-30(16-12-24-56-49(54)55)42(70)62-37(26(2)3)44(72)58-31(19-21-36(66)67)41(69)60-33(48(76)77)15-9-11-23-51/h26-34,37-39H,7-25,50-52H2,1-6H3,(H2,53,65)(H,57,71)(H,58,72)(H,59,74)(H,60,69)(H,61,68)(H,62,70)(H,63,73)(H,66,67)(H,76,77)(H4,54,55,56)/t28-,29-,30-,31-,32-,33-,34-,37-,38-,39-/m0/s1. The minimum atomic E-state index is -1.54. The normalized spacial score (nSPS) is 16.7. The lowest BCUT2D eigenvalue weighted by molar-refractivity contribution is -0.143. The van der Waals surface area contributed by atoms with Crippen LogP contribution in [0.15, 0.2) is 4.99 Å². The molecule has 1 heterocycles. The van der Waals surface area contributed by atoms with Crippen LogP contribution in [0.5, 0.6) is 0 Å². The van der Waals surface area contributed by atoms with Crippen molar-refractivity contribution in [3.8, 4) is 0 Å². The quantitative estimate of drug-likeness (QED) is 0.0163. The van der Waals surface area contributed by atoms with Gasteiger partial charge in [-0.3, -0.25) is 52.9 Å². The summed E-state index contributed by atoms with van der Waals surface area (Å²) in [6, 6.07) is -11.6. The van der Waals surface area contributed by atoms with Crippen molar-refractivity contribution in [2.24, 2.45) is 57.1 Å². The highest BCUT2D eigenvalue weighted by molar-refractivity contribution is 5.98. The van der Waals surface area contributed by atoms with Crippen LogP contribution < -0.4 is 71.6 Å². The molecular formula is C49H89N15O13. The first kappa shape index (κ1) is 68.3. The molecule has 0 aromatic carbocycles. The summed E-state index contributed by atoms with van der Waals surface area (Å²) in [5.74, 6) is -11.7. The fourth-order valence-electron chi connectivity index (χ4n) is 8.34. The number of guanidine groups is 1. The van der Waals surface area contributed by atoms with E-state index in [1.807, 2.05) is 0 Å². The zero-order valence-corrected chi connectivity index (χ0v) is 45.6. The Kier molecular flexibility index (Phi) is 31.6. The number of nitrogens with zero attached hydrogens (tertiary/aromatic N) is 2. The third-order valence-corrected chi connectivity index (χ3v) is 13.1. The molecule has 0 saturated carbocycles. The van der Waals surface area contributed by atoms with Crippen molar-refractivity contribution in [1.82, 2.24) is 42.1 Å². The maximum absolute atomic E-state index is 14.5. The summed E-state index contributed by atoms with van der Waals surface area (Å²) in [7, 11) is 0. The van der Waals surface area contributed by atoms with Gasteiger partial charge in [-0.2, -0.15) is 0 Å². The van der Waals surface area contributed by atoms with Crippen LogP contribution in [0.3, 0.4) is 0 Å². The molecule has 0 aliphatic carbocycles. The average molecular weight is 1100 g/mol. The molecular weight excluding hydrogens is 1010 g/mol. The molecule has 28 nitrogen and oxygen atoms in total. The van der Waals surface area contributed by atoms with Gasteiger partial charge in [0.2, 0.25) is 53.2 Å². The summed E-state index contributed by atoms with van der Waals surface area (Å²) in [5, 5.41) is 37.3. The van der Waals surface area contributed by atoms with Gasteiger partial charge < -0.3 is 86.7 Å². The molecule has 1 saturated heterocycles. The number of amides is 9. The van der Waals surface area contributed by atoms with Gasteiger partial charge in [0, 0.05) is 25.9 Å². The van der Waals surface area contributed by atoms with Gasteiger partial charge in [-0.15, -0.1) is 0 Å². The Morgan fingerprint density at radius 1 is 0.571 bits per heavy atom. The van der Waals surface area contributed by atoms with E-state index in [9.17, 15) is 63.0 Å². The first-order valence-corrected chi connectivity index (χ1v) is 26.6. The monoisotopic (exact) mass is 1100 g/mol. The van der Waals surface area contributed by atoms with E-state index in [4.69, 9.17) is 34.4 Å². The van der Waals surface area contributed by atoms with Crippen molar-refractivity contribution in [2.45, 2.75) is 192 Å². The maximum Gasteiger partial charge on any atom is 0.326 e. The highest BCUT2D eigenvalue weighted by atomic mass is 16.4. The highest BCUT2D eigenvalue weighted by Gasteiger charge is 2.41. The van der Waals surface area contributed by atoms with Crippen LogP contribution in [0.1, 0.15) is 138 Å². The Bertz CT molecular complexity index is 2020. The lowest BCUT2D eigenvalue weighted by Gasteiger charge is -2.32. The Morgan fingerprint density at radius 2 is 1.05 bits per heavy atom. The Hall–Kier alpha value is -6.68. The molecule has 0 aromatic rings. The van der Waals surface area contributed by atoms with Gasteiger partial charge in [-0.1, -0.05) is 54.4 Å². The fraction of sp³-hybridized carbons (Fsp3) is 0.755. The number of hydrogen-bond acceptors (Lipinski definition) is 15. The van der Waals surface area contributed by atoms with Gasteiger partial charge in [0.1, 0.15) is 48.3 Å². The molecule has 1 aliphatic heterocycles. The predicted octanol–water partition coefficient (Wildman–Crippen LogP) is -3.42. The molecule has 77 heavy (non-hydrogen) atoms. The third-order valence-electron chi connectivity index (χ3n) is 13.1. The number of primary amides is 1. The molecule has 28 heteroatoms. The molecule has 1 fully saturated rings. The van der Waals surface area contributed by atoms with E-state index in [0.717, 1.165) is 0 Å². The second-order valence-electron chi connectivity index (χ2n) is 20.2. The summed E-state index contributed by atoms with van der Waals surface area (Å²) in [4.78, 5) is 152. The summed E-state index contributed by atoms with van der Waals surface area (Å²) >= 11 is 0. The third kappa shape index (κ3) is 24.9. The number of nitrogens with two attached hydrogens (primary N) is 6. The van der Waals surface area contributed by atoms with Crippen molar-refractivity contribution in [2.75, 3.05) is 26.2 Å². The van der Waals surface area contributed by atoms with Crippen LogP contribution in [0.2, 0.25) is 0 Å². The zero-order valence-electron chi connectivity index (χ0n) is 45.6. The highest BCUT2D eigenvalue weighted by Crippen LogP contribution is 2.21. The largest absolute Gasteiger partial charge is 0.481 e. The zero-order chi connectivity index (χ0) is 58.5. The lowest BCUT2D eigenvalue weighted by atomic mass is 9.95. The molecule has 1 rings (SSSR count). The van der Waals surface area contributed by atoms with Crippen molar-refractivity contribution in [3.63, 3.8) is 0 Å². The van der Waals surface area contributed by atoms with Gasteiger partial charge in [0.25, 0.3) is 0 Å². The van der Waals surface area contributed by atoms with E-state index in [-0.39, 0.29) is 64.1 Å². The fourth-order valence-corrected chi connectivity index (χ4v) is 8.34. The molecule has 10 atom stereocenters. The minimum absolute atomic E-state index is 0.00863. The Labute approximate surface area is 450 Å². The SMILES string of the molecule is CC[C@H](C)[C@H](NC(=O)[C@@H](NC(=O)[C@@H](N)CCCCN)C(C)C)C(=O)N[C@@H](CCC(N)=O)C(=O)N1CCC[C@H]1C(=O)N[C@@H](CCCN=C(N)N)C(=O)N[C@H](C(=O)N[C@@H](CCC(=O)O)C(=O)N[C@@H](CCCCN)C(=O)O)C(C)C. The van der Waals surface area contributed by atoms with Crippen LogP contribution in [0.25, 0.3) is 0 Å². The van der Waals surface area contributed by atoms with Gasteiger partial charge >= 0.3 is 11.9 Å². The van der Waals surface area contributed by atoms with Gasteiger partial charge in [-0.25, -0.2) is 4.79 Å². The number of carbonyl (C=O) groups excluding carboxylic acids is 9. The Balaban J connectivity index is 3.50.